The molecule has 5 aromatic rings. The van der Waals surface area contributed by atoms with Crippen molar-refractivity contribution in [2.24, 2.45) is 10.9 Å². The standard InChI is InChI=1S/C33H31N2OP/c1-24(2)29-23-36-32(34-29)31-28-20-12-13-21-30(28)35(22-25-14-6-3-7-15-25)33(31)37(26-16-8-4-9-17-26)27-18-10-5-11-19-27/h3-21,24,29H,22-23H2,1-2H3/t29-/m1/s1. The monoisotopic (exact) mass is 502 g/mol. The Labute approximate surface area is 220 Å². The maximum atomic E-state index is 6.39. The number of hydrogen-bond donors (Lipinski definition) is 0. The second-order valence-electron chi connectivity index (χ2n) is 9.85. The third-order valence-electron chi connectivity index (χ3n) is 7.02. The van der Waals surface area contributed by atoms with E-state index in [1.807, 2.05) is 0 Å². The summed E-state index contributed by atoms with van der Waals surface area (Å²) in [5.74, 6) is 1.22. The van der Waals surface area contributed by atoms with Crippen molar-refractivity contribution >= 4 is 40.8 Å². The van der Waals surface area contributed by atoms with Crippen LogP contribution < -0.4 is 16.0 Å². The fourth-order valence-corrected chi connectivity index (χ4v) is 7.66. The summed E-state index contributed by atoms with van der Waals surface area (Å²) in [6, 6.07) is 41.5. The van der Waals surface area contributed by atoms with Crippen LogP contribution in [0.5, 0.6) is 0 Å². The van der Waals surface area contributed by atoms with Gasteiger partial charge in [-0.3, -0.25) is 0 Å². The van der Waals surface area contributed by atoms with Crippen molar-refractivity contribution in [3.05, 3.63) is 126 Å². The van der Waals surface area contributed by atoms with Crippen LogP contribution in [0.1, 0.15) is 25.0 Å². The molecule has 2 heterocycles. The molecule has 4 heteroatoms. The van der Waals surface area contributed by atoms with Gasteiger partial charge in [0.2, 0.25) is 5.90 Å². The Hall–Kier alpha value is -3.68. The molecule has 37 heavy (non-hydrogen) atoms. The van der Waals surface area contributed by atoms with Crippen molar-refractivity contribution in [2.45, 2.75) is 26.4 Å². The van der Waals surface area contributed by atoms with E-state index in [0.717, 1.165) is 18.0 Å². The van der Waals surface area contributed by atoms with Crippen LogP contribution in [0, 0.1) is 5.92 Å². The maximum absolute atomic E-state index is 6.39. The van der Waals surface area contributed by atoms with Crippen LogP contribution in [-0.4, -0.2) is 23.1 Å². The van der Waals surface area contributed by atoms with Gasteiger partial charge in [0.25, 0.3) is 0 Å². The van der Waals surface area contributed by atoms with E-state index in [9.17, 15) is 0 Å². The number of aliphatic imine (C=N–C) groups is 1. The number of aromatic nitrogens is 1. The summed E-state index contributed by atoms with van der Waals surface area (Å²) in [6.07, 6.45) is 0. The molecule has 1 aliphatic heterocycles. The topological polar surface area (TPSA) is 26.5 Å². The predicted molar refractivity (Wildman–Crippen MR) is 157 cm³/mol. The molecule has 0 fully saturated rings. The zero-order chi connectivity index (χ0) is 25.2. The molecule has 1 aliphatic rings. The highest BCUT2D eigenvalue weighted by Crippen LogP contribution is 2.39. The van der Waals surface area contributed by atoms with Crippen LogP contribution in [0.3, 0.4) is 0 Å². The summed E-state index contributed by atoms with van der Waals surface area (Å²) >= 11 is 0. The number of fused-ring (bicyclic) bond motifs is 1. The second kappa shape index (κ2) is 10.4. The number of nitrogens with zero attached hydrogens (tertiary/aromatic N) is 2. The Morgan fingerprint density at radius 1 is 0.784 bits per heavy atom. The predicted octanol–water partition coefficient (Wildman–Crippen LogP) is 6.25. The van der Waals surface area contributed by atoms with Gasteiger partial charge in [-0.2, -0.15) is 0 Å². The Bertz CT molecular complexity index is 1490. The summed E-state index contributed by atoms with van der Waals surface area (Å²) in [5.41, 5.74) is 4.94. The minimum Gasteiger partial charge on any atom is -0.475 e. The highest BCUT2D eigenvalue weighted by Gasteiger charge is 2.33. The average molecular weight is 503 g/mol. The smallest absolute Gasteiger partial charge is 0.219 e. The van der Waals surface area contributed by atoms with Crippen LogP contribution in [0.4, 0.5) is 0 Å². The number of benzene rings is 4. The van der Waals surface area contributed by atoms with E-state index in [0.29, 0.717) is 12.5 Å². The highest BCUT2D eigenvalue weighted by molar-refractivity contribution is 7.79. The summed E-state index contributed by atoms with van der Waals surface area (Å²) in [4.78, 5) is 5.15. The molecule has 3 nitrogen and oxygen atoms in total. The molecule has 0 radical (unpaired) electrons. The van der Waals surface area contributed by atoms with Crippen LogP contribution in [0.2, 0.25) is 0 Å². The molecule has 0 unspecified atom stereocenters. The molecule has 1 aromatic heterocycles. The fraction of sp³-hybridized carbons (Fsp3) is 0.182. The zero-order valence-electron chi connectivity index (χ0n) is 21.3. The molecule has 0 saturated heterocycles. The molecule has 0 aliphatic carbocycles. The molecule has 1 atom stereocenters. The van der Waals surface area contributed by atoms with E-state index < -0.39 is 7.92 Å². The first-order valence-corrected chi connectivity index (χ1v) is 14.3. The SMILES string of the molecule is CC(C)[C@H]1COC(c2c(P(c3ccccc3)c3ccccc3)n(Cc3ccccc3)c3ccccc23)=N1. The van der Waals surface area contributed by atoms with Crippen molar-refractivity contribution in [1.29, 1.82) is 0 Å². The lowest BCUT2D eigenvalue weighted by molar-refractivity contribution is 0.292. The third kappa shape index (κ3) is 4.61. The van der Waals surface area contributed by atoms with Crippen molar-refractivity contribution < 1.29 is 4.74 Å². The van der Waals surface area contributed by atoms with Gasteiger partial charge in [-0.1, -0.05) is 123 Å². The van der Waals surface area contributed by atoms with E-state index >= 15 is 0 Å². The molecule has 0 N–H and O–H groups in total. The van der Waals surface area contributed by atoms with Gasteiger partial charge in [0, 0.05) is 25.4 Å². The molecule has 0 saturated carbocycles. The van der Waals surface area contributed by atoms with Gasteiger partial charge in [-0.25, -0.2) is 4.99 Å². The Balaban J connectivity index is 1.68. The van der Waals surface area contributed by atoms with Crippen molar-refractivity contribution in [3.8, 4) is 0 Å². The average Bonchev–Trinajstić information content (AvgIpc) is 3.55. The lowest BCUT2D eigenvalue weighted by Crippen LogP contribution is -2.30. The summed E-state index contributed by atoms with van der Waals surface area (Å²) in [6.45, 7) is 5.87. The largest absolute Gasteiger partial charge is 0.475 e. The van der Waals surface area contributed by atoms with Gasteiger partial charge in [-0.05, 0) is 28.2 Å². The minimum absolute atomic E-state index is 0.179. The number of para-hydroxylation sites is 1. The molecule has 0 bridgehead atoms. The lowest BCUT2D eigenvalue weighted by Gasteiger charge is -2.23. The second-order valence-corrected chi connectivity index (χ2v) is 12.0. The van der Waals surface area contributed by atoms with Crippen molar-refractivity contribution in [3.63, 3.8) is 0 Å². The van der Waals surface area contributed by atoms with Gasteiger partial charge in [-0.15, -0.1) is 0 Å². The zero-order valence-corrected chi connectivity index (χ0v) is 22.2. The normalized spacial score (nSPS) is 15.4. The van der Waals surface area contributed by atoms with E-state index in [-0.39, 0.29) is 6.04 Å². The molecule has 184 valence electrons. The van der Waals surface area contributed by atoms with Crippen LogP contribution >= 0.6 is 7.92 Å². The van der Waals surface area contributed by atoms with Gasteiger partial charge >= 0.3 is 0 Å². The van der Waals surface area contributed by atoms with Crippen LogP contribution in [0.25, 0.3) is 10.9 Å². The fourth-order valence-electron chi connectivity index (χ4n) is 5.07. The summed E-state index contributed by atoms with van der Waals surface area (Å²) in [5, 5.41) is 3.85. The summed E-state index contributed by atoms with van der Waals surface area (Å²) in [7, 11) is -0.874. The molecular formula is C33H31N2OP. The van der Waals surface area contributed by atoms with E-state index in [1.165, 1.54) is 32.5 Å². The van der Waals surface area contributed by atoms with Gasteiger partial charge < -0.3 is 9.30 Å². The molecule has 4 aromatic carbocycles. The maximum Gasteiger partial charge on any atom is 0.219 e. The molecule has 6 rings (SSSR count). The summed E-state index contributed by atoms with van der Waals surface area (Å²) < 4.78 is 8.91. The van der Waals surface area contributed by atoms with Crippen molar-refractivity contribution in [2.75, 3.05) is 6.61 Å². The first-order valence-electron chi connectivity index (χ1n) is 13.0. The van der Waals surface area contributed by atoms with E-state index in [1.54, 1.807) is 0 Å². The van der Waals surface area contributed by atoms with E-state index in [2.05, 4.69) is 134 Å². The number of hydrogen-bond acceptors (Lipinski definition) is 2. The van der Waals surface area contributed by atoms with Gasteiger partial charge in [0.05, 0.1) is 17.0 Å². The quantitative estimate of drug-likeness (QED) is 0.242. The molecular weight excluding hydrogens is 471 g/mol. The lowest BCUT2D eigenvalue weighted by atomic mass is 10.1. The molecule has 0 spiro atoms. The van der Waals surface area contributed by atoms with Crippen LogP contribution in [0.15, 0.2) is 120 Å². The van der Waals surface area contributed by atoms with Gasteiger partial charge in [0.1, 0.15) is 6.61 Å². The first kappa shape index (κ1) is 23.7. The molecule has 0 amide bonds. The van der Waals surface area contributed by atoms with Gasteiger partial charge in [0.15, 0.2) is 0 Å². The number of rotatable bonds is 7. The third-order valence-corrected chi connectivity index (χ3v) is 9.54. The number of ether oxygens (including phenoxy) is 1. The Kier molecular flexibility index (Phi) is 6.64. The Morgan fingerprint density at radius 2 is 1.35 bits per heavy atom. The Morgan fingerprint density at radius 3 is 1.95 bits per heavy atom. The van der Waals surface area contributed by atoms with Crippen LogP contribution in [-0.2, 0) is 11.3 Å². The minimum atomic E-state index is -0.874. The highest BCUT2D eigenvalue weighted by atomic mass is 31.1. The first-order chi connectivity index (χ1) is 18.2. The van der Waals surface area contributed by atoms with Crippen molar-refractivity contribution in [1.82, 2.24) is 4.57 Å². The van der Waals surface area contributed by atoms with E-state index in [4.69, 9.17) is 9.73 Å².